The Hall–Kier alpha value is -2.82. The number of nitrogens with zero attached hydrogens (tertiary/aromatic N) is 4. The molecule has 3 aromatic heterocycles. The first-order valence-corrected chi connectivity index (χ1v) is 11.2. The molecule has 1 N–H and O–H groups in total. The number of amides is 1. The molecule has 1 aliphatic rings. The molecule has 0 spiro atoms. The van der Waals surface area contributed by atoms with Crippen LogP contribution < -0.4 is 14.8 Å². The summed E-state index contributed by atoms with van der Waals surface area (Å²) in [5.41, 5.74) is 2.33. The first kappa shape index (κ1) is 22.4. The van der Waals surface area contributed by atoms with Crippen molar-refractivity contribution in [3.05, 3.63) is 40.9 Å². The number of halogens is 1. The summed E-state index contributed by atoms with van der Waals surface area (Å²) >= 11 is 7.25. The van der Waals surface area contributed by atoms with Crippen LogP contribution >= 0.6 is 22.9 Å². The van der Waals surface area contributed by atoms with E-state index in [-0.39, 0.29) is 11.1 Å². The first-order chi connectivity index (χ1) is 15.4. The molecule has 0 bridgehead atoms. The minimum atomic E-state index is -0.386. The average molecular weight is 476 g/mol. The summed E-state index contributed by atoms with van der Waals surface area (Å²) < 4.78 is 16.6. The highest BCUT2D eigenvalue weighted by molar-refractivity contribution is 7.17. The van der Waals surface area contributed by atoms with Crippen LogP contribution in [0.2, 0.25) is 5.15 Å². The molecule has 1 fully saturated rings. The predicted octanol–water partition coefficient (Wildman–Crippen LogP) is 3.88. The van der Waals surface area contributed by atoms with Gasteiger partial charge >= 0.3 is 0 Å². The number of nitrogens with one attached hydrogen (secondary N) is 1. The Morgan fingerprint density at radius 2 is 2.09 bits per heavy atom. The highest BCUT2D eigenvalue weighted by Crippen LogP contribution is 2.34. The van der Waals surface area contributed by atoms with Gasteiger partial charge in [-0.05, 0) is 36.3 Å². The van der Waals surface area contributed by atoms with Crippen molar-refractivity contribution < 1.29 is 19.0 Å². The third-order valence-corrected chi connectivity index (χ3v) is 6.15. The Bertz CT molecular complexity index is 1130. The van der Waals surface area contributed by atoms with Gasteiger partial charge in [0.05, 0.1) is 32.1 Å². The van der Waals surface area contributed by atoms with Crippen molar-refractivity contribution in [1.29, 1.82) is 0 Å². The Kier molecular flexibility index (Phi) is 6.83. The second-order valence-electron chi connectivity index (χ2n) is 7.49. The van der Waals surface area contributed by atoms with Gasteiger partial charge in [0.25, 0.3) is 11.1 Å². The molecule has 4 rings (SSSR count). The molecule has 0 radical (unpaired) electrons. The molecule has 9 nitrogen and oxygen atoms in total. The lowest BCUT2D eigenvalue weighted by Crippen LogP contribution is -2.17. The van der Waals surface area contributed by atoms with Crippen molar-refractivity contribution in [2.75, 3.05) is 32.2 Å². The lowest BCUT2D eigenvalue weighted by atomic mass is 10.00. The Labute approximate surface area is 194 Å². The standard InChI is InChI=1S/C21H22ClN5O4S/c1-11-8-30-9-13(11)10-31-21-27-26-20(32-21)25-19(28)16-6-23-12(2)4-14(16)15-5-18(22)24-7-17(15)29-3/h4-7,11,13H,8-10H2,1-3H3,(H,25,26,28)/t11-,13-/m1/s1. The topological polar surface area (TPSA) is 108 Å². The highest BCUT2D eigenvalue weighted by Gasteiger charge is 2.25. The number of aromatic nitrogens is 4. The first-order valence-electron chi connectivity index (χ1n) is 9.96. The van der Waals surface area contributed by atoms with Crippen molar-refractivity contribution in [3.63, 3.8) is 0 Å². The SMILES string of the molecule is COc1cnc(Cl)cc1-c1cc(C)ncc1C(=O)Nc1nnc(OC[C@H]2COC[C@H]2C)s1. The maximum atomic E-state index is 13.1. The molecule has 1 amide bonds. The molecule has 0 unspecified atom stereocenters. The molecular formula is C21H22ClN5O4S. The minimum Gasteiger partial charge on any atom is -0.494 e. The van der Waals surface area contributed by atoms with Gasteiger partial charge in [0.15, 0.2) is 0 Å². The Morgan fingerprint density at radius 1 is 1.25 bits per heavy atom. The smallest absolute Gasteiger partial charge is 0.295 e. The maximum absolute atomic E-state index is 13.1. The van der Waals surface area contributed by atoms with E-state index < -0.39 is 0 Å². The summed E-state index contributed by atoms with van der Waals surface area (Å²) in [6, 6.07) is 3.44. The molecule has 32 heavy (non-hydrogen) atoms. The molecule has 168 valence electrons. The van der Waals surface area contributed by atoms with E-state index in [1.165, 1.54) is 19.5 Å². The number of anilines is 1. The lowest BCUT2D eigenvalue weighted by molar-refractivity contribution is 0.102. The van der Waals surface area contributed by atoms with Crippen LogP contribution in [0.4, 0.5) is 5.13 Å². The second-order valence-corrected chi connectivity index (χ2v) is 8.82. The van der Waals surface area contributed by atoms with E-state index in [1.54, 1.807) is 12.1 Å². The summed E-state index contributed by atoms with van der Waals surface area (Å²) in [7, 11) is 1.53. The molecule has 1 saturated heterocycles. The van der Waals surface area contributed by atoms with Crippen molar-refractivity contribution in [3.8, 4) is 22.1 Å². The summed E-state index contributed by atoms with van der Waals surface area (Å²) in [5.74, 6) is 0.863. The Balaban J connectivity index is 1.52. The minimum absolute atomic E-state index is 0.287. The van der Waals surface area contributed by atoms with E-state index in [9.17, 15) is 4.79 Å². The van der Waals surface area contributed by atoms with Crippen LogP contribution in [0.3, 0.4) is 0 Å². The number of carbonyl (C=O) groups is 1. The maximum Gasteiger partial charge on any atom is 0.295 e. The average Bonchev–Trinajstić information content (AvgIpc) is 3.40. The summed E-state index contributed by atoms with van der Waals surface area (Å²) in [6.45, 7) is 5.88. The van der Waals surface area contributed by atoms with E-state index in [0.29, 0.717) is 57.8 Å². The zero-order chi connectivity index (χ0) is 22.7. The van der Waals surface area contributed by atoms with Crippen LogP contribution in [-0.2, 0) is 4.74 Å². The van der Waals surface area contributed by atoms with Crippen LogP contribution in [0.25, 0.3) is 11.1 Å². The van der Waals surface area contributed by atoms with Crippen LogP contribution in [0.1, 0.15) is 23.0 Å². The molecule has 0 aliphatic carbocycles. The van der Waals surface area contributed by atoms with E-state index in [1.807, 2.05) is 6.92 Å². The zero-order valence-corrected chi connectivity index (χ0v) is 19.4. The van der Waals surface area contributed by atoms with Crippen molar-refractivity contribution in [1.82, 2.24) is 20.2 Å². The number of hydrogen-bond acceptors (Lipinski definition) is 9. The third-order valence-electron chi connectivity index (χ3n) is 5.19. The largest absolute Gasteiger partial charge is 0.494 e. The van der Waals surface area contributed by atoms with Gasteiger partial charge in [0.1, 0.15) is 10.9 Å². The molecule has 3 aromatic rings. The molecule has 0 aromatic carbocycles. The van der Waals surface area contributed by atoms with Gasteiger partial charge in [-0.3, -0.25) is 15.1 Å². The zero-order valence-electron chi connectivity index (χ0n) is 17.8. The molecule has 4 heterocycles. The number of methoxy groups -OCH3 is 1. The molecular weight excluding hydrogens is 454 g/mol. The van der Waals surface area contributed by atoms with Crippen molar-refractivity contribution in [2.45, 2.75) is 13.8 Å². The van der Waals surface area contributed by atoms with E-state index >= 15 is 0 Å². The number of ether oxygens (including phenoxy) is 3. The second kappa shape index (κ2) is 9.76. The van der Waals surface area contributed by atoms with E-state index in [2.05, 4.69) is 32.4 Å². The van der Waals surface area contributed by atoms with Gasteiger partial charge in [0.2, 0.25) is 5.13 Å². The van der Waals surface area contributed by atoms with Gasteiger partial charge < -0.3 is 14.2 Å². The fraction of sp³-hybridized carbons (Fsp3) is 0.381. The van der Waals surface area contributed by atoms with Gasteiger partial charge in [-0.2, -0.15) is 0 Å². The van der Waals surface area contributed by atoms with Crippen LogP contribution in [0, 0.1) is 18.8 Å². The van der Waals surface area contributed by atoms with E-state index in [4.69, 9.17) is 25.8 Å². The van der Waals surface area contributed by atoms with E-state index in [0.717, 1.165) is 23.6 Å². The van der Waals surface area contributed by atoms with Crippen LogP contribution in [0.5, 0.6) is 10.9 Å². The predicted molar refractivity (Wildman–Crippen MR) is 121 cm³/mol. The van der Waals surface area contributed by atoms with Gasteiger partial charge in [-0.1, -0.05) is 23.6 Å². The normalized spacial score (nSPS) is 17.9. The van der Waals surface area contributed by atoms with Crippen molar-refractivity contribution >= 4 is 34.0 Å². The molecule has 2 atom stereocenters. The quantitative estimate of drug-likeness (QED) is 0.513. The van der Waals surface area contributed by atoms with Crippen LogP contribution in [-0.4, -0.2) is 53.0 Å². The molecule has 0 saturated carbocycles. The molecule has 1 aliphatic heterocycles. The fourth-order valence-electron chi connectivity index (χ4n) is 3.33. The van der Waals surface area contributed by atoms with Crippen LogP contribution in [0.15, 0.2) is 24.5 Å². The number of carbonyl (C=O) groups excluding carboxylic acids is 1. The monoisotopic (exact) mass is 475 g/mol. The number of aryl methyl sites for hydroxylation is 1. The summed E-state index contributed by atoms with van der Waals surface area (Å²) in [5, 5.41) is 11.8. The van der Waals surface area contributed by atoms with Crippen molar-refractivity contribution in [2.24, 2.45) is 11.8 Å². The number of rotatable bonds is 7. The number of pyridine rings is 2. The third kappa shape index (κ3) is 4.98. The Morgan fingerprint density at radius 3 is 2.84 bits per heavy atom. The summed E-state index contributed by atoms with van der Waals surface area (Å²) in [4.78, 5) is 21.4. The number of hydrogen-bond donors (Lipinski definition) is 1. The highest BCUT2D eigenvalue weighted by atomic mass is 35.5. The lowest BCUT2D eigenvalue weighted by Gasteiger charge is -2.13. The van der Waals surface area contributed by atoms with Gasteiger partial charge in [0, 0.05) is 35.5 Å². The summed E-state index contributed by atoms with van der Waals surface area (Å²) in [6.07, 6.45) is 3.02. The fourth-order valence-corrected chi connectivity index (χ4v) is 4.09. The van der Waals surface area contributed by atoms with Gasteiger partial charge in [-0.25, -0.2) is 4.98 Å². The van der Waals surface area contributed by atoms with Gasteiger partial charge in [-0.15, -0.1) is 5.10 Å². The molecule has 11 heteroatoms.